The van der Waals surface area contributed by atoms with Crippen molar-refractivity contribution in [3.8, 4) is 5.75 Å². The van der Waals surface area contributed by atoms with Crippen molar-refractivity contribution in [3.63, 3.8) is 0 Å². The maximum absolute atomic E-state index is 12.6. The van der Waals surface area contributed by atoms with Gasteiger partial charge in [-0.15, -0.1) is 0 Å². The maximum Gasteiger partial charge on any atom is 0.272 e. The van der Waals surface area contributed by atoms with E-state index in [0.717, 1.165) is 24.2 Å². The second-order valence-electron chi connectivity index (χ2n) is 5.03. The number of nitrogens with zero attached hydrogens (tertiary/aromatic N) is 2. The van der Waals surface area contributed by atoms with E-state index in [9.17, 15) is 9.18 Å². The predicted octanol–water partition coefficient (Wildman–Crippen LogP) is 1.22. The molecule has 1 aromatic rings. The molecule has 5 nitrogen and oxygen atoms in total. The number of ether oxygens (including phenoxy) is 2. The zero-order valence-corrected chi connectivity index (χ0v) is 11.2. The molecule has 0 aromatic carbocycles. The van der Waals surface area contributed by atoms with E-state index in [1.807, 2.05) is 0 Å². The number of fused-ring (bicyclic) bond motifs is 1. The Morgan fingerprint density at radius 3 is 3.25 bits per heavy atom. The third-order valence-corrected chi connectivity index (χ3v) is 3.61. The number of alkyl halides is 1. The summed E-state index contributed by atoms with van der Waals surface area (Å²) in [7, 11) is 0. The first kappa shape index (κ1) is 13.3. The topological polar surface area (TPSA) is 51.7 Å². The van der Waals surface area contributed by atoms with Crippen LogP contribution >= 0.6 is 0 Å². The average molecular weight is 280 g/mol. The van der Waals surface area contributed by atoms with Gasteiger partial charge >= 0.3 is 0 Å². The summed E-state index contributed by atoms with van der Waals surface area (Å²) in [5.41, 5.74) is 1.42. The molecule has 1 atom stereocenters. The van der Waals surface area contributed by atoms with Crippen molar-refractivity contribution >= 4 is 5.91 Å². The van der Waals surface area contributed by atoms with E-state index in [-0.39, 0.29) is 12.5 Å². The van der Waals surface area contributed by atoms with Gasteiger partial charge in [0.15, 0.2) is 0 Å². The van der Waals surface area contributed by atoms with E-state index in [2.05, 4.69) is 4.98 Å². The summed E-state index contributed by atoms with van der Waals surface area (Å²) in [6.45, 7) is 1.25. The highest BCUT2D eigenvalue weighted by molar-refractivity contribution is 5.92. The van der Waals surface area contributed by atoms with Crippen molar-refractivity contribution in [3.05, 3.63) is 23.5 Å². The van der Waals surface area contributed by atoms with Gasteiger partial charge in [-0.2, -0.15) is 0 Å². The van der Waals surface area contributed by atoms with Crippen LogP contribution in [0, 0.1) is 0 Å². The minimum absolute atomic E-state index is 0.167. The number of halogens is 1. The van der Waals surface area contributed by atoms with E-state index in [1.54, 1.807) is 17.2 Å². The second kappa shape index (κ2) is 5.75. The third kappa shape index (κ3) is 2.60. The third-order valence-electron chi connectivity index (χ3n) is 3.61. The van der Waals surface area contributed by atoms with Crippen LogP contribution in [-0.2, 0) is 11.2 Å². The normalized spacial score (nSPS) is 22.1. The van der Waals surface area contributed by atoms with Crippen molar-refractivity contribution < 1.29 is 18.7 Å². The number of rotatable bonds is 2. The van der Waals surface area contributed by atoms with E-state index >= 15 is 0 Å². The molecule has 2 aliphatic rings. The number of aryl methyl sites for hydroxylation is 1. The van der Waals surface area contributed by atoms with Gasteiger partial charge in [-0.05, 0) is 24.5 Å². The molecule has 3 heterocycles. The average Bonchev–Trinajstić information content (AvgIpc) is 2.53. The van der Waals surface area contributed by atoms with Gasteiger partial charge in [0.1, 0.15) is 24.2 Å². The number of hydrogen-bond donors (Lipinski definition) is 0. The SMILES string of the molecule is O=C(c1cc2c(cn1)OCCC2)N1CCOC(CF)C1. The van der Waals surface area contributed by atoms with Gasteiger partial charge in [-0.25, -0.2) is 9.37 Å². The summed E-state index contributed by atoms with van der Waals surface area (Å²) >= 11 is 0. The molecule has 1 saturated heterocycles. The first-order valence-electron chi connectivity index (χ1n) is 6.86. The van der Waals surface area contributed by atoms with Gasteiger partial charge in [0.2, 0.25) is 0 Å². The summed E-state index contributed by atoms with van der Waals surface area (Å²) < 4.78 is 23.4. The minimum atomic E-state index is -0.574. The smallest absolute Gasteiger partial charge is 0.272 e. The lowest BCUT2D eigenvalue weighted by atomic mass is 10.1. The van der Waals surface area contributed by atoms with Gasteiger partial charge < -0.3 is 14.4 Å². The standard InChI is InChI=1S/C14H17FN2O3/c15-7-11-9-17(3-5-19-11)14(18)12-6-10-2-1-4-20-13(10)8-16-12/h6,8,11H,1-5,7,9H2. The van der Waals surface area contributed by atoms with Crippen LogP contribution < -0.4 is 4.74 Å². The fourth-order valence-electron chi connectivity index (χ4n) is 2.53. The summed E-state index contributed by atoms with van der Waals surface area (Å²) in [6, 6.07) is 1.79. The zero-order chi connectivity index (χ0) is 13.9. The molecule has 2 aliphatic heterocycles. The Balaban J connectivity index is 1.76. The lowest BCUT2D eigenvalue weighted by molar-refractivity contribution is -0.0312. The fourth-order valence-corrected chi connectivity index (χ4v) is 2.53. The van der Waals surface area contributed by atoms with Gasteiger partial charge in [-0.3, -0.25) is 4.79 Å². The molecular formula is C14H17FN2O3. The van der Waals surface area contributed by atoms with Crippen LogP contribution in [0.1, 0.15) is 22.5 Å². The molecule has 1 fully saturated rings. The van der Waals surface area contributed by atoms with Gasteiger partial charge in [-0.1, -0.05) is 0 Å². The van der Waals surface area contributed by atoms with Crippen LogP contribution in [0.2, 0.25) is 0 Å². The number of aromatic nitrogens is 1. The molecule has 1 amide bonds. The van der Waals surface area contributed by atoms with E-state index in [0.29, 0.717) is 25.5 Å². The maximum atomic E-state index is 12.6. The van der Waals surface area contributed by atoms with Gasteiger partial charge in [0, 0.05) is 13.1 Å². The van der Waals surface area contributed by atoms with Crippen molar-refractivity contribution in [2.45, 2.75) is 18.9 Å². The number of pyridine rings is 1. The summed E-state index contributed by atoms with van der Waals surface area (Å²) in [5, 5.41) is 0. The van der Waals surface area contributed by atoms with Gasteiger partial charge in [0.25, 0.3) is 5.91 Å². The molecule has 108 valence electrons. The quantitative estimate of drug-likeness (QED) is 0.817. The largest absolute Gasteiger partial charge is 0.492 e. The molecule has 0 aliphatic carbocycles. The van der Waals surface area contributed by atoms with E-state index < -0.39 is 12.8 Å². The highest BCUT2D eigenvalue weighted by Gasteiger charge is 2.26. The van der Waals surface area contributed by atoms with Crippen LogP contribution in [0.15, 0.2) is 12.3 Å². The highest BCUT2D eigenvalue weighted by atomic mass is 19.1. The Kier molecular flexibility index (Phi) is 3.82. The minimum Gasteiger partial charge on any atom is -0.492 e. The molecule has 1 aromatic heterocycles. The molecule has 20 heavy (non-hydrogen) atoms. The predicted molar refractivity (Wildman–Crippen MR) is 69.7 cm³/mol. The van der Waals surface area contributed by atoms with Gasteiger partial charge in [0.05, 0.1) is 19.4 Å². The Morgan fingerprint density at radius 1 is 1.50 bits per heavy atom. The lowest BCUT2D eigenvalue weighted by Gasteiger charge is -2.31. The summed E-state index contributed by atoms with van der Waals surface area (Å²) in [6.07, 6.45) is 2.93. The molecule has 0 saturated carbocycles. The molecule has 0 spiro atoms. The molecule has 0 bridgehead atoms. The number of hydrogen-bond acceptors (Lipinski definition) is 4. The van der Waals surface area contributed by atoms with Crippen molar-refractivity contribution in [2.75, 3.05) is 33.0 Å². The summed E-state index contributed by atoms with van der Waals surface area (Å²) in [4.78, 5) is 18.2. The monoisotopic (exact) mass is 280 g/mol. The van der Waals surface area contributed by atoms with Crippen LogP contribution in [0.3, 0.4) is 0 Å². The Bertz CT molecular complexity index is 509. The zero-order valence-electron chi connectivity index (χ0n) is 11.2. The Morgan fingerprint density at radius 2 is 2.40 bits per heavy atom. The van der Waals surface area contributed by atoms with Crippen molar-refractivity contribution in [2.24, 2.45) is 0 Å². The molecule has 1 unspecified atom stereocenters. The summed E-state index contributed by atoms with van der Waals surface area (Å²) in [5.74, 6) is 0.594. The second-order valence-corrected chi connectivity index (χ2v) is 5.03. The fraction of sp³-hybridized carbons (Fsp3) is 0.571. The van der Waals surface area contributed by atoms with Crippen LogP contribution in [0.25, 0.3) is 0 Å². The number of amides is 1. The number of carbonyl (C=O) groups excluding carboxylic acids is 1. The first-order chi connectivity index (χ1) is 9.78. The highest BCUT2D eigenvalue weighted by Crippen LogP contribution is 2.24. The van der Waals surface area contributed by atoms with Crippen molar-refractivity contribution in [1.82, 2.24) is 9.88 Å². The molecule has 0 N–H and O–H groups in total. The number of morpholine rings is 1. The van der Waals surface area contributed by atoms with E-state index in [4.69, 9.17) is 9.47 Å². The van der Waals surface area contributed by atoms with E-state index in [1.165, 1.54) is 0 Å². The number of carbonyl (C=O) groups is 1. The van der Waals surface area contributed by atoms with Crippen LogP contribution in [0.5, 0.6) is 5.75 Å². The van der Waals surface area contributed by atoms with Crippen molar-refractivity contribution in [1.29, 1.82) is 0 Å². The molecular weight excluding hydrogens is 263 g/mol. The van der Waals surface area contributed by atoms with Crippen LogP contribution in [0.4, 0.5) is 4.39 Å². The Hall–Kier alpha value is -1.69. The molecule has 0 radical (unpaired) electrons. The van der Waals surface area contributed by atoms with Crippen LogP contribution in [-0.4, -0.2) is 54.9 Å². The first-order valence-corrected chi connectivity index (χ1v) is 6.86. The lowest BCUT2D eigenvalue weighted by Crippen LogP contribution is -2.46. The Labute approximate surface area is 116 Å². The molecule has 3 rings (SSSR count). The molecule has 6 heteroatoms.